The van der Waals surface area contributed by atoms with Crippen LogP contribution in [0.3, 0.4) is 0 Å². The van der Waals surface area contributed by atoms with Crippen molar-refractivity contribution in [2.24, 2.45) is 7.05 Å². The fourth-order valence-electron chi connectivity index (χ4n) is 2.91. The molecule has 146 valence electrons. The first-order valence-electron chi connectivity index (χ1n) is 8.71. The van der Waals surface area contributed by atoms with E-state index in [0.717, 1.165) is 16.9 Å². The molecular weight excluding hydrogens is 415 g/mol. The van der Waals surface area contributed by atoms with Gasteiger partial charge < -0.3 is 10.6 Å². The number of anilines is 1. The van der Waals surface area contributed by atoms with Gasteiger partial charge in [-0.25, -0.2) is 4.68 Å². The lowest BCUT2D eigenvalue weighted by molar-refractivity contribution is 0.630. The minimum absolute atomic E-state index is 0.156. The zero-order valence-electron chi connectivity index (χ0n) is 15.5. The Labute approximate surface area is 178 Å². The SMILES string of the molecule is Cc1c(NC(=S)NCCc2ccc(Cl)cc2Cl)c(=O)n(-c2ccccc2)n1C. The average Bonchev–Trinajstić information content (AvgIpc) is 2.87. The highest BCUT2D eigenvalue weighted by Gasteiger charge is 2.16. The summed E-state index contributed by atoms with van der Waals surface area (Å²) < 4.78 is 3.41. The summed E-state index contributed by atoms with van der Waals surface area (Å²) in [6.45, 7) is 2.45. The van der Waals surface area contributed by atoms with E-state index in [1.807, 2.05) is 50.4 Å². The molecule has 2 aromatic carbocycles. The number of hydrogen-bond donors (Lipinski definition) is 2. The van der Waals surface area contributed by atoms with Crippen molar-refractivity contribution in [1.82, 2.24) is 14.7 Å². The van der Waals surface area contributed by atoms with Crippen LogP contribution in [0.2, 0.25) is 10.0 Å². The molecule has 0 aliphatic carbocycles. The van der Waals surface area contributed by atoms with E-state index >= 15 is 0 Å². The van der Waals surface area contributed by atoms with Gasteiger partial charge in [0.15, 0.2) is 5.11 Å². The number of thiocarbonyl (C=S) groups is 1. The van der Waals surface area contributed by atoms with Crippen molar-refractivity contribution < 1.29 is 0 Å². The Morgan fingerprint density at radius 3 is 2.54 bits per heavy atom. The number of rotatable bonds is 5. The standard InChI is InChI=1S/C20H20Cl2N4OS/c1-13-18(19(27)26(25(13)2)16-6-4-3-5-7-16)24-20(28)23-11-10-14-8-9-15(21)12-17(14)22/h3-9,12H,10-11H2,1-2H3,(H2,23,24,28). The van der Waals surface area contributed by atoms with Crippen LogP contribution in [0.4, 0.5) is 5.69 Å². The molecule has 0 bridgehead atoms. The van der Waals surface area contributed by atoms with Crippen LogP contribution in [0, 0.1) is 6.92 Å². The third-order valence-electron chi connectivity index (χ3n) is 4.49. The normalized spacial score (nSPS) is 10.7. The highest BCUT2D eigenvalue weighted by atomic mass is 35.5. The molecule has 8 heteroatoms. The third-order valence-corrected chi connectivity index (χ3v) is 5.32. The molecule has 0 atom stereocenters. The van der Waals surface area contributed by atoms with E-state index in [-0.39, 0.29) is 5.56 Å². The fourth-order valence-corrected chi connectivity index (χ4v) is 3.61. The van der Waals surface area contributed by atoms with E-state index in [9.17, 15) is 4.79 Å². The molecule has 1 heterocycles. The monoisotopic (exact) mass is 434 g/mol. The molecule has 0 fully saturated rings. The number of benzene rings is 2. The van der Waals surface area contributed by atoms with Crippen LogP contribution in [0.5, 0.6) is 0 Å². The zero-order chi connectivity index (χ0) is 20.3. The van der Waals surface area contributed by atoms with Crippen LogP contribution in [-0.4, -0.2) is 21.0 Å². The van der Waals surface area contributed by atoms with Crippen LogP contribution >= 0.6 is 35.4 Å². The second kappa shape index (κ2) is 8.82. The van der Waals surface area contributed by atoms with Crippen molar-refractivity contribution in [3.63, 3.8) is 0 Å². The van der Waals surface area contributed by atoms with E-state index in [4.69, 9.17) is 35.4 Å². The number of nitrogens with one attached hydrogen (secondary N) is 2. The Morgan fingerprint density at radius 2 is 1.86 bits per heavy atom. The summed E-state index contributed by atoms with van der Waals surface area (Å²) in [6.07, 6.45) is 0.680. The molecule has 0 radical (unpaired) electrons. The van der Waals surface area contributed by atoms with Crippen molar-refractivity contribution in [2.75, 3.05) is 11.9 Å². The Bertz CT molecular complexity index is 1060. The largest absolute Gasteiger partial charge is 0.362 e. The quantitative estimate of drug-likeness (QED) is 0.587. The van der Waals surface area contributed by atoms with Gasteiger partial charge in [-0.2, -0.15) is 0 Å². The van der Waals surface area contributed by atoms with Gasteiger partial charge in [0.05, 0.1) is 11.4 Å². The summed E-state index contributed by atoms with van der Waals surface area (Å²) in [7, 11) is 1.84. The Morgan fingerprint density at radius 1 is 1.14 bits per heavy atom. The molecule has 0 amide bonds. The molecule has 28 heavy (non-hydrogen) atoms. The first-order valence-corrected chi connectivity index (χ1v) is 9.87. The van der Waals surface area contributed by atoms with Crippen LogP contribution in [-0.2, 0) is 13.5 Å². The van der Waals surface area contributed by atoms with Crippen molar-refractivity contribution >= 4 is 46.2 Å². The Hall–Kier alpha value is -2.28. The molecule has 3 rings (SSSR count). The number of hydrogen-bond acceptors (Lipinski definition) is 2. The zero-order valence-corrected chi connectivity index (χ0v) is 17.8. The highest BCUT2D eigenvalue weighted by molar-refractivity contribution is 7.80. The van der Waals surface area contributed by atoms with Crippen LogP contribution in [0.15, 0.2) is 53.3 Å². The molecule has 0 spiro atoms. The first kappa shape index (κ1) is 20.5. The lowest BCUT2D eigenvalue weighted by Gasteiger charge is -2.10. The third kappa shape index (κ3) is 4.41. The Balaban J connectivity index is 1.68. The molecule has 3 aromatic rings. The number of aromatic nitrogens is 2. The highest BCUT2D eigenvalue weighted by Crippen LogP contribution is 2.21. The van der Waals surface area contributed by atoms with Gasteiger partial charge >= 0.3 is 0 Å². The lowest BCUT2D eigenvalue weighted by Crippen LogP contribution is -2.32. The topological polar surface area (TPSA) is 51.0 Å². The van der Waals surface area contributed by atoms with Crippen LogP contribution in [0.25, 0.3) is 5.69 Å². The molecule has 5 nitrogen and oxygen atoms in total. The summed E-state index contributed by atoms with van der Waals surface area (Å²) >= 11 is 17.5. The molecular formula is C20H20Cl2N4OS. The second-order valence-electron chi connectivity index (χ2n) is 6.30. The average molecular weight is 435 g/mol. The van der Waals surface area contributed by atoms with Gasteiger partial charge in [0.2, 0.25) is 0 Å². The van der Waals surface area contributed by atoms with Crippen molar-refractivity contribution in [3.05, 3.63) is 80.2 Å². The number of halogens is 2. The summed E-state index contributed by atoms with van der Waals surface area (Å²) in [5.74, 6) is 0. The fraction of sp³-hybridized carbons (Fsp3) is 0.200. The maximum atomic E-state index is 12.9. The predicted octanol–water partition coefficient (Wildman–Crippen LogP) is 4.32. The van der Waals surface area contributed by atoms with Crippen LogP contribution in [0.1, 0.15) is 11.3 Å². The first-order chi connectivity index (χ1) is 13.4. The summed E-state index contributed by atoms with van der Waals surface area (Å²) in [5, 5.41) is 7.76. The molecule has 0 saturated heterocycles. The molecule has 2 N–H and O–H groups in total. The van der Waals surface area contributed by atoms with E-state index in [2.05, 4.69) is 10.6 Å². The summed E-state index contributed by atoms with van der Waals surface area (Å²) in [5.41, 5.74) is 2.86. The van der Waals surface area contributed by atoms with Crippen molar-refractivity contribution in [2.45, 2.75) is 13.3 Å². The molecule has 0 unspecified atom stereocenters. The summed E-state index contributed by atoms with van der Waals surface area (Å²) in [6, 6.07) is 14.9. The number of nitrogens with zero attached hydrogens (tertiary/aromatic N) is 2. The second-order valence-corrected chi connectivity index (χ2v) is 7.56. The van der Waals surface area contributed by atoms with Gasteiger partial charge in [0.1, 0.15) is 5.69 Å². The minimum Gasteiger partial charge on any atom is -0.362 e. The van der Waals surface area contributed by atoms with Crippen LogP contribution < -0.4 is 16.2 Å². The predicted molar refractivity (Wildman–Crippen MR) is 120 cm³/mol. The molecule has 0 aliphatic rings. The maximum absolute atomic E-state index is 12.9. The van der Waals surface area contributed by atoms with Gasteiger partial charge in [-0.1, -0.05) is 47.5 Å². The minimum atomic E-state index is -0.156. The molecule has 0 aliphatic heterocycles. The van der Waals surface area contributed by atoms with Gasteiger partial charge in [0, 0.05) is 23.6 Å². The molecule has 0 saturated carbocycles. The van der Waals surface area contributed by atoms with E-state index < -0.39 is 0 Å². The van der Waals surface area contributed by atoms with Gasteiger partial charge in [0.25, 0.3) is 5.56 Å². The van der Waals surface area contributed by atoms with Crippen molar-refractivity contribution in [3.8, 4) is 5.69 Å². The van der Waals surface area contributed by atoms with Crippen molar-refractivity contribution in [1.29, 1.82) is 0 Å². The van der Waals surface area contributed by atoms with Gasteiger partial charge in [-0.15, -0.1) is 0 Å². The molecule has 1 aromatic heterocycles. The maximum Gasteiger partial charge on any atom is 0.295 e. The van der Waals surface area contributed by atoms with E-state index in [1.54, 1.807) is 21.5 Å². The van der Waals surface area contributed by atoms with Gasteiger partial charge in [-0.05, 0) is 55.4 Å². The van der Waals surface area contributed by atoms with E-state index in [0.29, 0.717) is 33.8 Å². The van der Waals surface area contributed by atoms with E-state index in [1.165, 1.54) is 0 Å². The smallest absolute Gasteiger partial charge is 0.295 e. The summed E-state index contributed by atoms with van der Waals surface area (Å²) in [4.78, 5) is 12.9. The lowest BCUT2D eigenvalue weighted by atomic mass is 10.1. The number of para-hydroxylation sites is 1. The Kier molecular flexibility index (Phi) is 6.44. The van der Waals surface area contributed by atoms with Gasteiger partial charge in [-0.3, -0.25) is 9.48 Å².